The standard InChI is InChI=1S/C19H27ClN4O3/c1-3-27-18(25)16-15(12-24-10-8-23(2)9-11-24)21-19(26)22-17(16)13-4-6-14(20)7-5-13/h4,6-7,13,17H,3,5,8-12H2,1-2H3,(H2,21,22,26). The molecule has 27 heavy (non-hydrogen) atoms. The van der Waals surface area contributed by atoms with Crippen molar-refractivity contribution < 1.29 is 14.3 Å². The zero-order chi connectivity index (χ0) is 19.4. The lowest BCUT2D eigenvalue weighted by Crippen LogP contribution is -2.55. The number of carbonyl (C=O) groups excluding carboxylic acids is 2. The smallest absolute Gasteiger partial charge is 0.337 e. The summed E-state index contributed by atoms with van der Waals surface area (Å²) in [4.78, 5) is 29.6. The molecule has 1 saturated heterocycles. The van der Waals surface area contributed by atoms with E-state index in [1.54, 1.807) is 6.92 Å². The molecule has 3 aliphatic rings. The highest BCUT2D eigenvalue weighted by atomic mass is 35.5. The fourth-order valence-electron chi connectivity index (χ4n) is 3.63. The first-order chi connectivity index (χ1) is 13.0. The van der Waals surface area contributed by atoms with Gasteiger partial charge in [0.1, 0.15) is 0 Å². The molecule has 2 N–H and O–H groups in total. The van der Waals surface area contributed by atoms with Crippen molar-refractivity contribution in [1.82, 2.24) is 20.4 Å². The minimum absolute atomic E-state index is 0.0413. The number of hydrogen-bond donors (Lipinski definition) is 2. The van der Waals surface area contributed by atoms with Gasteiger partial charge in [-0.05, 0) is 26.5 Å². The third-order valence-corrected chi connectivity index (χ3v) is 5.46. The largest absolute Gasteiger partial charge is 0.463 e. The third kappa shape index (κ3) is 4.91. The van der Waals surface area contributed by atoms with Gasteiger partial charge in [-0.1, -0.05) is 23.8 Å². The summed E-state index contributed by atoms with van der Waals surface area (Å²) in [6, 6.07) is -0.719. The molecule has 2 heterocycles. The summed E-state index contributed by atoms with van der Waals surface area (Å²) < 4.78 is 5.31. The first kappa shape index (κ1) is 19.9. The van der Waals surface area contributed by atoms with Gasteiger partial charge in [-0.3, -0.25) is 4.90 Å². The molecule has 0 spiro atoms. The number of nitrogens with one attached hydrogen (secondary N) is 2. The van der Waals surface area contributed by atoms with Crippen LogP contribution in [0.4, 0.5) is 4.79 Å². The quantitative estimate of drug-likeness (QED) is 0.690. The second kappa shape index (κ2) is 8.91. The Morgan fingerprint density at radius 2 is 2.07 bits per heavy atom. The van der Waals surface area contributed by atoms with Crippen LogP contribution in [0.1, 0.15) is 13.3 Å². The number of urea groups is 1. The molecule has 1 fully saturated rings. The normalized spacial score (nSPS) is 27.1. The van der Waals surface area contributed by atoms with Gasteiger partial charge in [0.2, 0.25) is 0 Å². The van der Waals surface area contributed by atoms with Crippen LogP contribution in [0.5, 0.6) is 0 Å². The highest BCUT2D eigenvalue weighted by Crippen LogP contribution is 2.28. The van der Waals surface area contributed by atoms with Crippen molar-refractivity contribution in [3.8, 4) is 0 Å². The molecule has 7 nitrogen and oxygen atoms in total. The highest BCUT2D eigenvalue weighted by molar-refractivity contribution is 6.31. The molecule has 0 aromatic rings. The maximum Gasteiger partial charge on any atom is 0.337 e. The molecular formula is C19H27ClN4O3. The fourth-order valence-corrected chi connectivity index (χ4v) is 3.80. The average molecular weight is 395 g/mol. The van der Waals surface area contributed by atoms with Crippen molar-refractivity contribution >= 4 is 23.6 Å². The van der Waals surface area contributed by atoms with Gasteiger partial charge in [0.05, 0.1) is 18.2 Å². The molecule has 0 aromatic carbocycles. The number of esters is 1. The molecule has 0 aromatic heterocycles. The molecular weight excluding hydrogens is 368 g/mol. The number of nitrogens with zero attached hydrogens (tertiary/aromatic N) is 2. The van der Waals surface area contributed by atoms with Crippen molar-refractivity contribution in [1.29, 1.82) is 0 Å². The summed E-state index contributed by atoms with van der Waals surface area (Å²) in [6.45, 7) is 6.32. The molecule has 0 bridgehead atoms. The van der Waals surface area contributed by atoms with E-state index in [2.05, 4.69) is 27.5 Å². The van der Waals surface area contributed by atoms with E-state index in [1.165, 1.54) is 0 Å². The maximum atomic E-state index is 12.8. The summed E-state index contributed by atoms with van der Waals surface area (Å²) in [5.74, 6) is -0.423. The topological polar surface area (TPSA) is 73.9 Å². The van der Waals surface area contributed by atoms with Gasteiger partial charge in [0, 0.05) is 49.4 Å². The van der Waals surface area contributed by atoms with Crippen LogP contribution in [0.3, 0.4) is 0 Å². The van der Waals surface area contributed by atoms with Gasteiger partial charge < -0.3 is 20.3 Å². The Morgan fingerprint density at radius 3 is 2.70 bits per heavy atom. The predicted molar refractivity (Wildman–Crippen MR) is 104 cm³/mol. The minimum Gasteiger partial charge on any atom is -0.463 e. The van der Waals surface area contributed by atoms with Crippen molar-refractivity contribution in [3.05, 3.63) is 34.5 Å². The van der Waals surface area contributed by atoms with E-state index in [9.17, 15) is 9.59 Å². The van der Waals surface area contributed by atoms with Crippen molar-refractivity contribution in [2.45, 2.75) is 19.4 Å². The van der Waals surface area contributed by atoms with Crippen LogP contribution >= 0.6 is 11.6 Å². The Bertz CT molecular complexity index is 680. The van der Waals surface area contributed by atoms with Gasteiger partial charge in [-0.15, -0.1) is 0 Å². The Morgan fingerprint density at radius 1 is 1.33 bits per heavy atom. The summed E-state index contributed by atoms with van der Waals surface area (Å²) in [5.41, 5.74) is 1.15. The first-order valence-electron chi connectivity index (χ1n) is 9.40. The number of halogens is 1. The minimum atomic E-state index is -0.433. The molecule has 148 valence electrons. The van der Waals surface area contributed by atoms with Crippen LogP contribution in [0.15, 0.2) is 34.5 Å². The van der Waals surface area contributed by atoms with Gasteiger partial charge in [0.15, 0.2) is 0 Å². The molecule has 0 saturated carbocycles. The summed E-state index contributed by atoms with van der Waals surface area (Å²) >= 11 is 6.03. The van der Waals surface area contributed by atoms with E-state index in [1.807, 2.05) is 18.2 Å². The number of carbonyl (C=O) groups is 2. The van der Waals surface area contributed by atoms with E-state index in [0.29, 0.717) is 29.3 Å². The average Bonchev–Trinajstić information content (AvgIpc) is 2.64. The number of ether oxygens (including phenoxy) is 1. The zero-order valence-electron chi connectivity index (χ0n) is 15.8. The monoisotopic (exact) mass is 394 g/mol. The molecule has 2 unspecified atom stereocenters. The van der Waals surface area contributed by atoms with Crippen LogP contribution in [0.2, 0.25) is 0 Å². The molecule has 2 aliphatic heterocycles. The van der Waals surface area contributed by atoms with Crippen LogP contribution in [0, 0.1) is 5.92 Å². The summed E-state index contributed by atoms with van der Waals surface area (Å²) in [5, 5.41) is 6.43. The lowest BCUT2D eigenvalue weighted by molar-refractivity contribution is -0.139. The Kier molecular flexibility index (Phi) is 6.57. The van der Waals surface area contributed by atoms with Gasteiger partial charge in [-0.25, -0.2) is 9.59 Å². The van der Waals surface area contributed by atoms with Crippen molar-refractivity contribution in [2.75, 3.05) is 46.4 Å². The molecule has 0 radical (unpaired) electrons. The molecule has 8 heteroatoms. The number of hydrogen-bond acceptors (Lipinski definition) is 5. The van der Waals surface area contributed by atoms with Crippen LogP contribution in [0.25, 0.3) is 0 Å². The highest BCUT2D eigenvalue weighted by Gasteiger charge is 2.37. The number of piperazine rings is 1. The Hall–Kier alpha value is -1.83. The third-order valence-electron chi connectivity index (χ3n) is 5.18. The van der Waals surface area contributed by atoms with Gasteiger partial charge in [0.25, 0.3) is 0 Å². The maximum absolute atomic E-state index is 12.8. The van der Waals surface area contributed by atoms with Crippen LogP contribution < -0.4 is 10.6 Å². The molecule has 1 aliphatic carbocycles. The number of likely N-dealkylation sites (N-methyl/N-ethyl adjacent to an activating group) is 1. The van der Waals surface area contributed by atoms with Gasteiger partial charge >= 0.3 is 12.0 Å². The van der Waals surface area contributed by atoms with E-state index in [4.69, 9.17) is 16.3 Å². The summed E-state index contributed by atoms with van der Waals surface area (Å²) in [6.07, 6.45) is 6.33. The fraction of sp³-hybridized carbons (Fsp3) is 0.579. The number of allylic oxidation sites excluding steroid dienone is 3. The van der Waals surface area contributed by atoms with E-state index >= 15 is 0 Å². The van der Waals surface area contributed by atoms with E-state index in [-0.39, 0.29) is 24.5 Å². The van der Waals surface area contributed by atoms with Crippen molar-refractivity contribution in [2.24, 2.45) is 5.92 Å². The Labute approximate surface area is 165 Å². The molecule has 3 rings (SSSR count). The molecule has 2 amide bonds. The number of rotatable bonds is 5. The van der Waals surface area contributed by atoms with Crippen molar-refractivity contribution in [3.63, 3.8) is 0 Å². The SMILES string of the molecule is CCOC(=O)C1=C(CN2CCN(C)CC2)NC(=O)NC1C1C=CC(Cl)=CC1. The van der Waals surface area contributed by atoms with Gasteiger partial charge in [-0.2, -0.15) is 0 Å². The lowest BCUT2D eigenvalue weighted by atomic mass is 9.85. The van der Waals surface area contributed by atoms with E-state index in [0.717, 1.165) is 26.2 Å². The second-order valence-electron chi connectivity index (χ2n) is 7.12. The predicted octanol–water partition coefficient (Wildman–Crippen LogP) is 1.43. The second-order valence-corrected chi connectivity index (χ2v) is 7.55. The molecule has 2 atom stereocenters. The lowest BCUT2D eigenvalue weighted by Gasteiger charge is -2.37. The van der Waals surface area contributed by atoms with E-state index < -0.39 is 6.04 Å². The van der Waals surface area contributed by atoms with Crippen LogP contribution in [-0.4, -0.2) is 74.2 Å². The number of amides is 2. The Balaban J connectivity index is 1.87. The van der Waals surface area contributed by atoms with Crippen LogP contribution in [-0.2, 0) is 9.53 Å². The summed E-state index contributed by atoms with van der Waals surface area (Å²) in [7, 11) is 2.09. The zero-order valence-corrected chi connectivity index (χ0v) is 16.6. The first-order valence-corrected chi connectivity index (χ1v) is 9.78.